The van der Waals surface area contributed by atoms with Gasteiger partial charge in [-0.2, -0.15) is 0 Å². The van der Waals surface area contributed by atoms with Gasteiger partial charge in [0, 0.05) is 4.90 Å². The number of hydrogen-bond acceptors (Lipinski definition) is 5. The average molecular weight is 355 g/mol. The van der Waals surface area contributed by atoms with E-state index in [-0.39, 0.29) is 11.2 Å². The first-order valence-corrected chi connectivity index (χ1v) is 9.35. The summed E-state index contributed by atoms with van der Waals surface area (Å²) in [7, 11) is 0. The molecule has 0 saturated heterocycles. The summed E-state index contributed by atoms with van der Waals surface area (Å²) in [6.07, 6.45) is 0.814. The molecular weight excluding hydrogens is 338 g/mol. The van der Waals surface area contributed by atoms with E-state index in [2.05, 4.69) is 15.5 Å². The molecule has 122 valence electrons. The summed E-state index contributed by atoms with van der Waals surface area (Å²) in [5.41, 5.74) is 0.962. The van der Waals surface area contributed by atoms with E-state index in [4.69, 9.17) is 0 Å². The predicted octanol–water partition coefficient (Wildman–Crippen LogP) is 4.57. The Kier molecular flexibility index (Phi) is 5.61. The Labute approximate surface area is 149 Å². The Hall–Kier alpha value is -2.18. The molecule has 0 aliphatic rings. The first-order valence-electron chi connectivity index (χ1n) is 7.66. The standard InChI is InChI=1S/C18H17N3OS2/c1-2-15-20-21-18(24-15)19-17(22)16(13-9-5-3-6-10-13)23-14-11-7-4-8-12-14/h3-12,16H,2H2,1H3,(H,19,21,22)/t16-/m0/s1. The summed E-state index contributed by atoms with van der Waals surface area (Å²) in [5, 5.41) is 12.1. The molecular formula is C18H17N3OS2. The largest absolute Gasteiger partial charge is 0.299 e. The maximum Gasteiger partial charge on any atom is 0.244 e. The Balaban J connectivity index is 1.82. The highest BCUT2D eigenvalue weighted by molar-refractivity contribution is 8.00. The Morgan fingerprint density at radius 3 is 2.38 bits per heavy atom. The van der Waals surface area contributed by atoms with Crippen molar-refractivity contribution >= 4 is 34.1 Å². The molecule has 3 aromatic rings. The number of carbonyl (C=O) groups is 1. The van der Waals surface area contributed by atoms with E-state index in [9.17, 15) is 4.79 Å². The molecule has 1 atom stereocenters. The highest BCUT2D eigenvalue weighted by Crippen LogP contribution is 2.36. The molecule has 4 nitrogen and oxygen atoms in total. The smallest absolute Gasteiger partial charge is 0.244 e. The zero-order valence-electron chi connectivity index (χ0n) is 13.2. The van der Waals surface area contributed by atoms with Crippen LogP contribution in [0.4, 0.5) is 5.13 Å². The molecule has 0 fully saturated rings. The summed E-state index contributed by atoms with van der Waals surface area (Å²) in [6, 6.07) is 19.7. The van der Waals surface area contributed by atoms with Crippen LogP contribution in [-0.4, -0.2) is 16.1 Å². The van der Waals surface area contributed by atoms with Gasteiger partial charge in [0.05, 0.1) is 0 Å². The van der Waals surface area contributed by atoms with Crippen LogP contribution < -0.4 is 5.32 Å². The molecule has 0 aliphatic carbocycles. The van der Waals surface area contributed by atoms with Crippen LogP contribution in [-0.2, 0) is 11.2 Å². The lowest BCUT2D eigenvalue weighted by Crippen LogP contribution is -2.18. The van der Waals surface area contributed by atoms with E-state index >= 15 is 0 Å². The molecule has 0 radical (unpaired) electrons. The summed E-state index contributed by atoms with van der Waals surface area (Å²) in [5.74, 6) is -0.0890. The number of carbonyl (C=O) groups excluding carboxylic acids is 1. The van der Waals surface area contributed by atoms with Crippen LogP contribution in [0.1, 0.15) is 22.7 Å². The highest BCUT2D eigenvalue weighted by atomic mass is 32.2. The van der Waals surface area contributed by atoms with Crippen molar-refractivity contribution in [2.24, 2.45) is 0 Å². The van der Waals surface area contributed by atoms with Crippen molar-refractivity contribution in [1.29, 1.82) is 0 Å². The number of hydrogen-bond donors (Lipinski definition) is 1. The number of anilines is 1. The maximum atomic E-state index is 12.8. The number of amides is 1. The maximum absolute atomic E-state index is 12.8. The van der Waals surface area contributed by atoms with Gasteiger partial charge in [-0.3, -0.25) is 10.1 Å². The number of aromatic nitrogens is 2. The first kappa shape index (κ1) is 16.7. The topological polar surface area (TPSA) is 54.9 Å². The van der Waals surface area contributed by atoms with E-state index in [0.717, 1.165) is 21.9 Å². The quantitative estimate of drug-likeness (QED) is 0.658. The number of nitrogens with one attached hydrogen (secondary N) is 1. The fourth-order valence-electron chi connectivity index (χ4n) is 2.15. The van der Waals surface area contributed by atoms with E-state index in [1.54, 1.807) is 0 Å². The number of thioether (sulfide) groups is 1. The Bertz CT molecular complexity index is 790. The lowest BCUT2D eigenvalue weighted by atomic mass is 10.1. The molecule has 0 bridgehead atoms. The van der Waals surface area contributed by atoms with E-state index in [1.807, 2.05) is 67.6 Å². The number of rotatable bonds is 6. The first-order chi connectivity index (χ1) is 11.8. The van der Waals surface area contributed by atoms with Gasteiger partial charge in [0.2, 0.25) is 11.0 Å². The van der Waals surface area contributed by atoms with Gasteiger partial charge in [-0.15, -0.1) is 22.0 Å². The number of benzene rings is 2. The van der Waals surface area contributed by atoms with Crippen LogP contribution in [0.5, 0.6) is 0 Å². The van der Waals surface area contributed by atoms with E-state index < -0.39 is 0 Å². The van der Waals surface area contributed by atoms with E-state index in [0.29, 0.717) is 5.13 Å². The van der Waals surface area contributed by atoms with Gasteiger partial charge in [-0.05, 0) is 24.1 Å². The monoisotopic (exact) mass is 355 g/mol. The molecule has 0 aliphatic heterocycles. The van der Waals surface area contributed by atoms with Crippen molar-refractivity contribution in [2.45, 2.75) is 23.5 Å². The average Bonchev–Trinajstić information content (AvgIpc) is 3.09. The summed E-state index contributed by atoms with van der Waals surface area (Å²) >= 11 is 2.94. The van der Waals surface area contributed by atoms with Gasteiger partial charge >= 0.3 is 0 Å². The van der Waals surface area contributed by atoms with Crippen LogP contribution >= 0.6 is 23.1 Å². The number of nitrogens with zero attached hydrogens (tertiary/aromatic N) is 2. The zero-order valence-corrected chi connectivity index (χ0v) is 14.8. The van der Waals surface area contributed by atoms with Gasteiger partial charge < -0.3 is 0 Å². The molecule has 1 amide bonds. The SMILES string of the molecule is CCc1nnc(NC(=O)[C@@H](Sc2ccccc2)c2ccccc2)s1. The van der Waals surface area contributed by atoms with Gasteiger partial charge in [0.15, 0.2) is 0 Å². The Morgan fingerprint density at radius 2 is 1.75 bits per heavy atom. The molecule has 2 aromatic carbocycles. The predicted molar refractivity (Wildman–Crippen MR) is 99.4 cm³/mol. The lowest BCUT2D eigenvalue weighted by Gasteiger charge is -2.16. The van der Waals surface area contributed by atoms with Crippen LogP contribution in [0.15, 0.2) is 65.6 Å². The van der Waals surface area contributed by atoms with Crippen molar-refractivity contribution in [1.82, 2.24) is 10.2 Å². The molecule has 24 heavy (non-hydrogen) atoms. The second-order valence-electron chi connectivity index (χ2n) is 5.07. The van der Waals surface area contributed by atoms with Crippen molar-refractivity contribution in [3.05, 3.63) is 71.2 Å². The summed E-state index contributed by atoms with van der Waals surface area (Å²) in [6.45, 7) is 2.02. The number of aryl methyl sites for hydroxylation is 1. The van der Waals surface area contributed by atoms with Crippen molar-refractivity contribution in [3.8, 4) is 0 Å². The fraction of sp³-hybridized carbons (Fsp3) is 0.167. The minimum absolute atomic E-state index is 0.0890. The lowest BCUT2D eigenvalue weighted by molar-refractivity contribution is -0.115. The van der Waals surface area contributed by atoms with Crippen molar-refractivity contribution < 1.29 is 4.79 Å². The van der Waals surface area contributed by atoms with Gasteiger partial charge in [0.25, 0.3) is 0 Å². The summed E-state index contributed by atoms with van der Waals surface area (Å²) < 4.78 is 0. The Morgan fingerprint density at radius 1 is 1.08 bits per heavy atom. The zero-order chi connectivity index (χ0) is 16.8. The molecule has 0 saturated carbocycles. The highest BCUT2D eigenvalue weighted by Gasteiger charge is 2.23. The molecule has 1 aromatic heterocycles. The summed E-state index contributed by atoms with van der Waals surface area (Å²) in [4.78, 5) is 13.9. The van der Waals surface area contributed by atoms with Gasteiger partial charge in [0.1, 0.15) is 10.3 Å². The second-order valence-corrected chi connectivity index (χ2v) is 7.31. The van der Waals surface area contributed by atoms with Crippen molar-refractivity contribution in [2.75, 3.05) is 5.32 Å². The fourth-order valence-corrected chi connectivity index (χ4v) is 3.88. The normalized spacial score (nSPS) is 11.9. The third-order valence-corrected chi connectivity index (χ3v) is 5.59. The van der Waals surface area contributed by atoms with Crippen LogP contribution in [0.25, 0.3) is 0 Å². The molecule has 1 N–H and O–H groups in total. The van der Waals surface area contributed by atoms with E-state index in [1.165, 1.54) is 23.1 Å². The van der Waals surface area contributed by atoms with Crippen LogP contribution in [0, 0.1) is 0 Å². The minimum Gasteiger partial charge on any atom is -0.299 e. The molecule has 3 rings (SSSR count). The molecule has 0 spiro atoms. The minimum atomic E-state index is -0.345. The third-order valence-electron chi connectivity index (χ3n) is 3.34. The van der Waals surface area contributed by atoms with Gasteiger partial charge in [-0.25, -0.2) is 0 Å². The van der Waals surface area contributed by atoms with Gasteiger partial charge in [-0.1, -0.05) is 66.8 Å². The molecule has 1 heterocycles. The molecule has 0 unspecified atom stereocenters. The third kappa shape index (κ3) is 4.21. The van der Waals surface area contributed by atoms with Crippen LogP contribution in [0.3, 0.4) is 0 Å². The molecule has 6 heteroatoms. The van der Waals surface area contributed by atoms with Crippen LogP contribution in [0.2, 0.25) is 0 Å². The van der Waals surface area contributed by atoms with Crippen molar-refractivity contribution in [3.63, 3.8) is 0 Å². The second kappa shape index (κ2) is 8.08.